The highest BCUT2D eigenvalue weighted by atomic mass is 16.3. The molecule has 0 spiro atoms. The lowest BCUT2D eigenvalue weighted by Gasteiger charge is -1.98. The summed E-state index contributed by atoms with van der Waals surface area (Å²) >= 11 is 0. The van der Waals surface area contributed by atoms with Crippen LogP contribution < -0.4 is 0 Å². The normalized spacial score (nSPS) is 11.9. The Hall–Kier alpha value is -2.23. The summed E-state index contributed by atoms with van der Waals surface area (Å²) in [5, 5.41) is 27.5. The van der Waals surface area contributed by atoms with Crippen LogP contribution >= 0.6 is 0 Å². The fraction of sp³-hybridized carbons (Fsp3) is 0.0833. The van der Waals surface area contributed by atoms with Crippen molar-refractivity contribution in [2.75, 3.05) is 0 Å². The summed E-state index contributed by atoms with van der Waals surface area (Å²) in [6.07, 6.45) is 3.91. The number of benzene rings is 1. The second-order valence-corrected chi connectivity index (χ2v) is 3.26. The van der Waals surface area contributed by atoms with Crippen LogP contribution in [0, 0.1) is 0 Å². The molecule has 1 aromatic carbocycles. The summed E-state index contributed by atoms with van der Waals surface area (Å²) in [6.45, 7) is 1.33. The molecule has 0 aliphatic heterocycles. The average molecular weight is 220 g/mol. The number of hydrogen-bond acceptors (Lipinski definition) is 4. The second-order valence-electron chi connectivity index (χ2n) is 3.26. The average Bonchev–Trinajstić information content (AvgIpc) is 2.19. The van der Waals surface area contributed by atoms with E-state index in [1.807, 2.05) is 0 Å². The van der Waals surface area contributed by atoms with Gasteiger partial charge in [-0.1, -0.05) is 12.1 Å². The van der Waals surface area contributed by atoms with Crippen molar-refractivity contribution >= 4 is 11.9 Å². The molecule has 0 atom stereocenters. The number of rotatable bonds is 3. The topological polar surface area (TPSA) is 77.8 Å². The highest BCUT2D eigenvalue weighted by Crippen LogP contribution is 2.25. The van der Waals surface area contributed by atoms with Gasteiger partial charge in [-0.05, 0) is 30.7 Å². The summed E-state index contributed by atoms with van der Waals surface area (Å²) in [4.78, 5) is 10.6. The first-order valence-corrected chi connectivity index (χ1v) is 4.60. The molecule has 0 amide bonds. The van der Waals surface area contributed by atoms with Gasteiger partial charge in [0.05, 0.1) is 0 Å². The zero-order valence-electron chi connectivity index (χ0n) is 8.71. The van der Waals surface area contributed by atoms with E-state index in [1.165, 1.54) is 31.2 Å². The monoisotopic (exact) mass is 220 g/mol. The first kappa shape index (κ1) is 11.8. The van der Waals surface area contributed by atoms with Crippen LogP contribution in [0.3, 0.4) is 0 Å². The number of carbonyl (C=O) groups is 1. The van der Waals surface area contributed by atoms with Gasteiger partial charge in [0, 0.05) is 6.08 Å². The molecule has 0 radical (unpaired) electrons. The van der Waals surface area contributed by atoms with Gasteiger partial charge in [0.2, 0.25) is 0 Å². The molecule has 84 valence electrons. The smallest absolute Gasteiger partial charge is 0.157 e. The van der Waals surface area contributed by atoms with Crippen LogP contribution in [0.25, 0.3) is 6.08 Å². The van der Waals surface area contributed by atoms with E-state index in [-0.39, 0.29) is 23.0 Å². The van der Waals surface area contributed by atoms with Crippen LogP contribution in [0.4, 0.5) is 0 Å². The van der Waals surface area contributed by atoms with Crippen LogP contribution in [0.15, 0.2) is 36.1 Å². The Kier molecular flexibility index (Phi) is 3.72. The lowest BCUT2D eigenvalue weighted by atomic mass is 10.2. The third-order valence-electron chi connectivity index (χ3n) is 1.80. The molecule has 0 bridgehead atoms. The highest BCUT2D eigenvalue weighted by Gasteiger charge is 1.98. The quantitative estimate of drug-likeness (QED) is 0.315. The van der Waals surface area contributed by atoms with Gasteiger partial charge in [-0.3, -0.25) is 4.79 Å². The van der Waals surface area contributed by atoms with Crippen molar-refractivity contribution in [1.82, 2.24) is 0 Å². The summed E-state index contributed by atoms with van der Waals surface area (Å²) in [6, 6.07) is 4.24. The standard InChI is InChI=1S/C12H12O4/c1-8(13)6-10(14)4-2-9-3-5-11(15)12(16)7-9/h2-7,14-16H,1H3. The van der Waals surface area contributed by atoms with E-state index in [9.17, 15) is 15.0 Å². The molecule has 1 aromatic rings. The molecule has 0 fully saturated rings. The van der Waals surface area contributed by atoms with Gasteiger partial charge >= 0.3 is 0 Å². The van der Waals surface area contributed by atoms with Crippen LogP contribution in [-0.2, 0) is 4.79 Å². The molecule has 4 heteroatoms. The third-order valence-corrected chi connectivity index (χ3v) is 1.80. The van der Waals surface area contributed by atoms with E-state index >= 15 is 0 Å². The Morgan fingerprint density at radius 2 is 1.94 bits per heavy atom. The number of carbonyl (C=O) groups excluding carboxylic acids is 1. The number of ketones is 1. The minimum atomic E-state index is -0.254. The minimum Gasteiger partial charge on any atom is -0.508 e. The molecule has 0 saturated carbocycles. The molecule has 0 aliphatic carbocycles. The van der Waals surface area contributed by atoms with Crippen molar-refractivity contribution in [1.29, 1.82) is 0 Å². The summed E-state index contributed by atoms with van der Waals surface area (Å²) in [5.41, 5.74) is 0.596. The van der Waals surface area contributed by atoms with E-state index in [4.69, 9.17) is 5.11 Å². The lowest BCUT2D eigenvalue weighted by Crippen LogP contribution is -1.84. The van der Waals surface area contributed by atoms with Crippen molar-refractivity contribution < 1.29 is 20.1 Å². The van der Waals surface area contributed by atoms with Crippen molar-refractivity contribution in [3.63, 3.8) is 0 Å². The molecule has 16 heavy (non-hydrogen) atoms. The summed E-state index contributed by atoms with van der Waals surface area (Å²) < 4.78 is 0. The largest absolute Gasteiger partial charge is 0.508 e. The van der Waals surface area contributed by atoms with Crippen LogP contribution in [-0.4, -0.2) is 21.1 Å². The van der Waals surface area contributed by atoms with Gasteiger partial charge in [0.15, 0.2) is 17.3 Å². The molecule has 0 aliphatic rings. The number of aliphatic hydroxyl groups excluding tert-OH is 1. The van der Waals surface area contributed by atoms with E-state index < -0.39 is 0 Å². The Bertz CT molecular complexity index is 458. The minimum absolute atomic E-state index is 0.167. The highest BCUT2D eigenvalue weighted by molar-refractivity contribution is 5.88. The van der Waals surface area contributed by atoms with E-state index in [0.29, 0.717) is 5.56 Å². The molecule has 1 rings (SSSR count). The first-order chi connectivity index (χ1) is 7.49. The predicted molar refractivity (Wildman–Crippen MR) is 60.2 cm³/mol. The van der Waals surface area contributed by atoms with Gasteiger partial charge in [-0.15, -0.1) is 0 Å². The van der Waals surface area contributed by atoms with Crippen LogP contribution in [0.5, 0.6) is 11.5 Å². The van der Waals surface area contributed by atoms with Crippen molar-refractivity contribution in [3.05, 3.63) is 41.7 Å². The fourth-order valence-electron chi connectivity index (χ4n) is 1.08. The molecule has 4 nitrogen and oxygen atoms in total. The third kappa shape index (κ3) is 3.49. The number of aliphatic hydroxyl groups is 1. The number of allylic oxidation sites excluding steroid dienone is 2. The van der Waals surface area contributed by atoms with Crippen molar-refractivity contribution in [2.24, 2.45) is 0 Å². The maximum atomic E-state index is 10.6. The second kappa shape index (κ2) is 5.02. The molecule has 0 unspecified atom stereocenters. The molecule has 3 N–H and O–H groups in total. The number of phenolic OH excluding ortho intramolecular Hbond substituents is 2. The van der Waals surface area contributed by atoms with Gasteiger partial charge in [-0.2, -0.15) is 0 Å². The van der Waals surface area contributed by atoms with E-state index in [1.54, 1.807) is 6.07 Å². The number of phenols is 2. The number of hydrogen-bond donors (Lipinski definition) is 3. The maximum absolute atomic E-state index is 10.6. The van der Waals surface area contributed by atoms with Crippen molar-refractivity contribution in [2.45, 2.75) is 6.92 Å². The molecule has 0 heterocycles. The molecular formula is C12H12O4. The lowest BCUT2D eigenvalue weighted by molar-refractivity contribution is -0.112. The Labute approximate surface area is 92.8 Å². The number of aromatic hydroxyl groups is 2. The van der Waals surface area contributed by atoms with Gasteiger partial charge < -0.3 is 15.3 Å². The SMILES string of the molecule is CC(=O)C=C(O)C=Cc1ccc(O)c(O)c1. The summed E-state index contributed by atoms with van der Waals surface area (Å²) in [5.74, 6) is -0.867. The van der Waals surface area contributed by atoms with Gasteiger partial charge in [-0.25, -0.2) is 0 Å². The first-order valence-electron chi connectivity index (χ1n) is 4.60. The zero-order chi connectivity index (χ0) is 12.1. The van der Waals surface area contributed by atoms with Crippen molar-refractivity contribution in [3.8, 4) is 11.5 Å². The van der Waals surface area contributed by atoms with Gasteiger partial charge in [0.1, 0.15) is 5.76 Å². The Morgan fingerprint density at radius 3 is 2.50 bits per heavy atom. The summed E-state index contributed by atoms with van der Waals surface area (Å²) in [7, 11) is 0. The molecule has 0 saturated heterocycles. The van der Waals surface area contributed by atoms with Crippen LogP contribution in [0.1, 0.15) is 12.5 Å². The Morgan fingerprint density at radius 1 is 1.25 bits per heavy atom. The van der Waals surface area contributed by atoms with Gasteiger partial charge in [0.25, 0.3) is 0 Å². The van der Waals surface area contributed by atoms with E-state index in [0.717, 1.165) is 6.08 Å². The van der Waals surface area contributed by atoms with E-state index in [2.05, 4.69) is 0 Å². The maximum Gasteiger partial charge on any atom is 0.157 e. The van der Waals surface area contributed by atoms with Crippen LogP contribution in [0.2, 0.25) is 0 Å². The molecule has 0 aromatic heterocycles. The fourth-order valence-corrected chi connectivity index (χ4v) is 1.08. The zero-order valence-corrected chi connectivity index (χ0v) is 8.71. The predicted octanol–water partition coefficient (Wildman–Crippen LogP) is 2.14. The Balaban J connectivity index is 2.84. The molecular weight excluding hydrogens is 208 g/mol.